The Labute approximate surface area is 112 Å². The van der Waals surface area contributed by atoms with Gasteiger partial charge in [-0.3, -0.25) is 4.79 Å². The number of aromatic hydroxyl groups is 1. The molecule has 1 aliphatic heterocycles. The Kier molecular flexibility index (Phi) is 4.63. The molecule has 5 heteroatoms. The minimum Gasteiger partial charge on any atom is -0.505 e. The van der Waals surface area contributed by atoms with Gasteiger partial charge >= 0.3 is 0 Å². The van der Waals surface area contributed by atoms with Crippen LogP contribution in [0.5, 0.6) is 5.75 Å². The predicted octanol–water partition coefficient (Wildman–Crippen LogP) is 1.66. The molecule has 1 aliphatic rings. The molecule has 1 aromatic rings. The van der Waals surface area contributed by atoms with E-state index in [0.717, 1.165) is 25.9 Å². The summed E-state index contributed by atoms with van der Waals surface area (Å²) >= 11 is 0. The summed E-state index contributed by atoms with van der Waals surface area (Å²) in [6.07, 6.45) is 4.41. The molecule has 1 unspecified atom stereocenters. The second kappa shape index (κ2) is 6.43. The van der Waals surface area contributed by atoms with Crippen molar-refractivity contribution in [1.82, 2.24) is 5.32 Å². The first-order chi connectivity index (χ1) is 9.18. The van der Waals surface area contributed by atoms with Crippen molar-refractivity contribution in [3.8, 4) is 5.75 Å². The van der Waals surface area contributed by atoms with Crippen LogP contribution < -0.4 is 11.1 Å². The third-order valence-corrected chi connectivity index (χ3v) is 3.34. The first-order valence-corrected chi connectivity index (χ1v) is 6.65. The maximum atomic E-state index is 11.9. The Bertz CT molecular complexity index is 442. The van der Waals surface area contributed by atoms with Crippen LogP contribution in [0.15, 0.2) is 18.2 Å². The molecule has 0 saturated carbocycles. The molecule has 1 atom stereocenters. The third-order valence-electron chi connectivity index (χ3n) is 3.34. The average Bonchev–Trinajstić information content (AvgIpc) is 2.43. The molecule has 1 fully saturated rings. The molecule has 4 N–H and O–H groups in total. The molecular weight excluding hydrogens is 244 g/mol. The van der Waals surface area contributed by atoms with Gasteiger partial charge in [0.05, 0.1) is 17.4 Å². The van der Waals surface area contributed by atoms with Gasteiger partial charge in [-0.25, -0.2) is 0 Å². The normalized spacial score (nSPS) is 19.1. The fourth-order valence-corrected chi connectivity index (χ4v) is 2.22. The molecule has 104 valence electrons. The van der Waals surface area contributed by atoms with Gasteiger partial charge in [-0.15, -0.1) is 0 Å². The highest BCUT2D eigenvalue weighted by Crippen LogP contribution is 2.24. The highest BCUT2D eigenvalue weighted by Gasteiger charge is 2.15. The standard InChI is InChI=1S/C14H20N2O3/c15-12-6-3-5-11(13(12)17)14(18)16-8-7-10-4-1-2-9-19-10/h3,5-6,10,17H,1-2,4,7-9,15H2,(H,16,18). The molecule has 0 aromatic heterocycles. The predicted molar refractivity (Wildman–Crippen MR) is 73.1 cm³/mol. The van der Waals surface area contributed by atoms with E-state index < -0.39 is 0 Å². The number of phenols is 1. The van der Waals surface area contributed by atoms with Gasteiger partial charge in [0, 0.05) is 13.2 Å². The number of nitrogen functional groups attached to an aromatic ring is 1. The number of carbonyl (C=O) groups excluding carboxylic acids is 1. The van der Waals surface area contributed by atoms with Crippen LogP contribution >= 0.6 is 0 Å². The van der Waals surface area contributed by atoms with Gasteiger partial charge in [0.25, 0.3) is 5.91 Å². The molecule has 0 radical (unpaired) electrons. The van der Waals surface area contributed by atoms with Crippen molar-refractivity contribution in [2.75, 3.05) is 18.9 Å². The largest absolute Gasteiger partial charge is 0.505 e. The van der Waals surface area contributed by atoms with Crippen molar-refractivity contribution >= 4 is 11.6 Å². The summed E-state index contributed by atoms with van der Waals surface area (Å²) in [6, 6.07) is 4.76. The fourth-order valence-electron chi connectivity index (χ4n) is 2.22. The minimum atomic E-state index is -0.305. The molecule has 1 heterocycles. The van der Waals surface area contributed by atoms with Crippen molar-refractivity contribution in [2.45, 2.75) is 31.8 Å². The SMILES string of the molecule is Nc1cccc(C(=O)NCCC2CCCCO2)c1O. The number of para-hydroxylation sites is 1. The maximum absolute atomic E-state index is 11.9. The summed E-state index contributed by atoms with van der Waals surface area (Å²) in [5.41, 5.74) is 5.98. The highest BCUT2D eigenvalue weighted by atomic mass is 16.5. The number of rotatable bonds is 4. The summed E-state index contributed by atoms with van der Waals surface area (Å²) in [5, 5.41) is 12.5. The number of anilines is 1. The zero-order valence-corrected chi connectivity index (χ0v) is 10.9. The first-order valence-electron chi connectivity index (χ1n) is 6.65. The van der Waals surface area contributed by atoms with Gasteiger partial charge in [-0.2, -0.15) is 0 Å². The fraction of sp³-hybridized carbons (Fsp3) is 0.500. The molecule has 1 saturated heterocycles. The summed E-state index contributed by atoms with van der Waals surface area (Å²) in [4.78, 5) is 11.9. The van der Waals surface area contributed by atoms with Crippen molar-refractivity contribution in [1.29, 1.82) is 0 Å². The number of carbonyl (C=O) groups is 1. The van der Waals surface area contributed by atoms with Gasteiger partial charge in [0.2, 0.25) is 0 Å². The smallest absolute Gasteiger partial charge is 0.255 e. The highest BCUT2D eigenvalue weighted by molar-refractivity contribution is 5.98. The molecule has 1 aromatic carbocycles. The van der Waals surface area contributed by atoms with Crippen LogP contribution in [0, 0.1) is 0 Å². The lowest BCUT2D eigenvalue weighted by Gasteiger charge is -2.22. The second-order valence-corrected chi connectivity index (χ2v) is 4.78. The molecular formula is C14H20N2O3. The molecule has 1 amide bonds. The molecule has 2 rings (SSSR count). The summed E-state index contributed by atoms with van der Waals surface area (Å²) < 4.78 is 5.59. The van der Waals surface area contributed by atoms with E-state index in [4.69, 9.17) is 10.5 Å². The minimum absolute atomic E-state index is 0.158. The Morgan fingerprint density at radius 3 is 3.05 bits per heavy atom. The number of phenolic OH excluding ortho intramolecular Hbond substituents is 1. The lowest BCUT2D eigenvalue weighted by molar-refractivity contribution is 0.0117. The summed E-state index contributed by atoms with van der Waals surface area (Å²) in [6.45, 7) is 1.35. The van der Waals surface area contributed by atoms with Crippen molar-refractivity contribution < 1.29 is 14.6 Å². The Hall–Kier alpha value is -1.75. The van der Waals surface area contributed by atoms with Crippen LogP contribution in [0.3, 0.4) is 0 Å². The van der Waals surface area contributed by atoms with E-state index in [1.807, 2.05) is 0 Å². The quantitative estimate of drug-likeness (QED) is 0.570. The monoisotopic (exact) mass is 264 g/mol. The Balaban J connectivity index is 1.82. The van der Waals surface area contributed by atoms with Crippen molar-refractivity contribution in [2.24, 2.45) is 0 Å². The van der Waals surface area contributed by atoms with E-state index in [2.05, 4.69) is 5.32 Å². The lowest BCUT2D eigenvalue weighted by Crippen LogP contribution is -2.29. The number of benzene rings is 1. The summed E-state index contributed by atoms with van der Waals surface area (Å²) in [7, 11) is 0. The van der Waals surface area contributed by atoms with Gasteiger partial charge in [0.15, 0.2) is 5.75 Å². The first kappa shape index (κ1) is 13.7. The molecule has 0 bridgehead atoms. The summed E-state index contributed by atoms with van der Waals surface area (Å²) in [5.74, 6) is -0.463. The number of nitrogens with one attached hydrogen (secondary N) is 1. The average molecular weight is 264 g/mol. The second-order valence-electron chi connectivity index (χ2n) is 4.78. The van der Waals surface area contributed by atoms with E-state index >= 15 is 0 Å². The number of hydrogen-bond donors (Lipinski definition) is 3. The van der Waals surface area contributed by atoms with Crippen LogP contribution in [0.1, 0.15) is 36.0 Å². The van der Waals surface area contributed by atoms with Gasteiger partial charge < -0.3 is 20.9 Å². The third kappa shape index (κ3) is 3.61. The van der Waals surface area contributed by atoms with E-state index in [-0.39, 0.29) is 29.0 Å². The Morgan fingerprint density at radius 1 is 1.47 bits per heavy atom. The van der Waals surface area contributed by atoms with Gasteiger partial charge in [-0.05, 0) is 37.8 Å². The van der Waals surface area contributed by atoms with E-state index in [1.54, 1.807) is 18.2 Å². The van der Waals surface area contributed by atoms with Crippen LogP contribution in [-0.2, 0) is 4.74 Å². The molecule has 5 nitrogen and oxygen atoms in total. The molecule has 19 heavy (non-hydrogen) atoms. The number of ether oxygens (including phenoxy) is 1. The maximum Gasteiger partial charge on any atom is 0.255 e. The molecule has 0 spiro atoms. The van der Waals surface area contributed by atoms with Crippen molar-refractivity contribution in [3.05, 3.63) is 23.8 Å². The van der Waals surface area contributed by atoms with E-state index in [0.29, 0.717) is 6.54 Å². The van der Waals surface area contributed by atoms with Crippen LogP contribution in [0.25, 0.3) is 0 Å². The van der Waals surface area contributed by atoms with Gasteiger partial charge in [-0.1, -0.05) is 6.07 Å². The van der Waals surface area contributed by atoms with E-state index in [1.165, 1.54) is 6.42 Å². The Morgan fingerprint density at radius 2 is 2.32 bits per heavy atom. The number of nitrogens with two attached hydrogens (primary N) is 1. The van der Waals surface area contributed by atoms with Gasteiger partial charge in [0.1, 0.15) is 0 Å². The van der Waals surface area contributed by atoms with Crippen LogP contribution in [0.2, 0.25) is 0 Å². The lowest BCUT2D eigenvalue weighted by atomic mass is 10.1. The molecule has 0 aliphatic carbocycles. The topological polar surface area (TPSA) is 84.6 Å². The van der Waals surface area contributed by atoms with Crippen LogP contribution in [-0.4, -0.2) is 30.3 Å². The van der Waals surface area contributed by atoms with E-state index in [9.17, 15) is 9.90 Å². The van der Waals surface area contributed by atoms with Crippen LogP contribution in [0.4, 0.5) is 5.69 Å². The number of hydrogen-bond acceptors (Lipinski definition) is 4. The van der Waals surface area contributed by atoms with Crippen molar-refractivity contribution in [3.63, 3.8) is 0 Å². The zero-order valence-electron chi connectivity index (χ0n) is 10.9. The zero-order chi connectivity index (χ0) is 13.7. The number of amides is 1.